The van der Waals surface area contributed by atoms with E-state index in [1.807, 2.05) is 0 Å². The molecule has 0 radical (unpaired) electrons. The van der Waals surface area contributed by atoms with Crippen LogP contribution in [0.3, 0.4) is 0 Å². The highest BCUT2D eigenvalue weighted by atomic mass is 19.3. The lowest BCUT2D eigenvalue weighted by molar-refractivity contribution is -0.0525. The minimum absolute atomic E-state index is 0.233. The standard InChI is InChI=1S/C15H28F2N2O4/c1-11(18-9-15(16,17)10-20)7-12-8-22-6-5-19(12)13(21)23-14(2,3)4/h11-12,18,20H,5-10H2,1-4H3. The number of nitrogens with zero attached hydrogens (tertiary/aromatic N) is 1. The smallest absolute Gasteiger partial charge is 0.410 e. The fourth-order valence-electron chi connectivity index (χ4n) is 2.28. The Morgan fingerprint density at radius 3 is 2.70 bits per heavy atom. The lowest BCUT2D eigenvalue weighted by atomic mass is 10.1. The normalized spacial score (nSPS) is 21.2. The minimum Gasteiger partial charge on any atom is -0.444 e. The molecule has 136 valence electrons. The molecule has 8 heteroatoms. The van der Waals surface area contributed by atoms with Crippen molar-refractivity contribution >= 4 is 6.09 Å². The Balaban J connectivity index is 2.56. The second-order valence-corrected chi connectivity index (χ2v) is 6.93. The van der Waals surface area contributed by atoms with Gasteiger partial charge in [0.15, 0.2) is 0 Å². The van der Waals surface area contributed by atoms with Crippen molar-refractivity contribution in [1.29, 1.82) is 0 Å². The molecule has 0 aromatic heterocycles. The molecule has 0 aliphatic carbocycles. The largest absolute Gasteiger partial charge is 0.444 e. The first kappa shape index (κ1) is 20.1. The van der Waals surface area contributed by atoms with Crippen molar-refractivity contribution in [3.63, 3.8) is 0 Å². The molecule has 1 fully saturated rings. The topological polar surface area (TPSA) is 71.0 Å². The number of halogens is 2. The number of carbonyl (C=O) groups excluding carboxylic acids is 1. The summed E-state index contributed by atoms with van der Waals surface area (Å²) in [6.07, 6.45) is 0.0412. The molecule has 1 aliphatic heterocycles. The summed E-state index contributed by atoms with van der Waals surface area (Å²) in [5.74, 6) is -3.15. The van der Waals surface area contributed by atoms with Gasteiger partial charge in [0, 0.05) is 12.6 Å². The number of morpholine rings is 1. The minimum atomic E-state index is -3.15. The zero-order chi connectivity index (χ0) is 17.7. The maximum Gasteiger partial charge on any atom is 0.410 e. The van der Waals surface area contributed by atoms with Crippen LogP contribution in [-0.2, 0) is 9.47 Å². The van der Waals surface area contributed by atoms with Crippen LogP contribution >= 0.6 is 0 Å². The fraction of sp³-hybridized carbons (Fsp3) is 0.933. The molecule has 1 saturated heterocycles. The molecular weight excluding hydrogens is 310 g/mol. The number of alkyl halides is 2. The molecule has 0 aromatic rings. The molecule has 1 amide bonds. The molecule has 0 saturated carbocycles. The number of nitrogens with one attached hydrogen (secondary N) is 1. The van der Waals surface area contributed by atoms with Crippen LogP contribution in [0.1, 0.15) is 34.1 Å². The summed E-state index contributed by atoms with van der Waals surface area (Å²) in [7, 11) is 0. The van der Waals surface area contributed by atoms with Crippen LogP contribution in [0, 0.1) is 0 Å². The average Bonchev–Trinajstić information content (AvgIpc) is 2.44. The molecule has 2 N–H and O–H groups in total. The van der Waals surface area contributed by atoms with Crippen molar-refractivity contribution in [2.45, 2.75) is 57.7 Å². The number of amides is 1. The monoisotopic (exact) mass is 338 g/mol. The number of carbonyl (C=O) groups is 1. The van der Waals surface area contributed by atoms with E-state index in [-0.39, 0.29) is 12.1 Å². The van der Waals surface area contributed by atoms with Crippen LogP contribution in [0.2, 0.25) is 0 Å². The third kappa shape index (κ3) is 7.41. The van der Waals surface area contributed by atoms with Crippen LogP contribution in [0.5, 0.6) is 0 Å². The fourth-order valence-corrected chi connectivity index (χ4v) is 2.28. The Labute approximate surface area is 136 Å². The van der Waals surface area contributed by atoms with Gasteiger partial charge in [-0.25, -0.2) is 13.6 Å². The molecule has 2 atom stereocenters. The van der Waals surface area contributed by atoms with Gasteiger partial charge in [0.1, 0.15) is 12.2 Å². The van der Waals surface area contributed by atoms with Gasteiger partial charge in [-0.3, -0.25) is 0 Å². The second-order valence-electron chi connectivity index (χ2n) is 6.93. The summed E-state index contributed by atoms with van der Waals surface area (Å²) in [4.78, 5) is 13.8. The maximum absolute atomic E-state index is 13.1. The van der Waals surface area contributed by atoms with E-state index < -0.39 is 30.8 Å². The molecule has 1 rings (SSSR count). The van der Waals surface area contributed by atoms with E-state index in [9.17, 15) is 13.6 Å². The number of ether oxygens (including phenoxy) is 2. The van der Waals surface area contributed by atoms with Gasteiger partial charge in [-0.2, -0.15) is 0 Å². The first-order valence-corrected chi connectivity index (χ1v) is 7.83. The van der Waals surface area contributed by atoms with Crippen molar-refractivity contribution in [3.8, 4) is 0 Å². The Morgan fingerprint density at radius 1 is 1.48 bits per heavy atom. The zero-order valence-corrected chi connectivity index (χ0v) is 14.3. The predicted octanol–water partition coefficient (Wildman–Crippen LogP) is 1.62. The van der Waals surface area contributed by atoms with E-state index in [4.69, 9.17) is 14.6 Å². The van der Waals surface area contributed by atoms with Crippen molar-refractivity contribution in [2.24, 2.45) is 0 Å². The molecule has 1 aliphatic rings. The SMILES string of the molecule is CC(CC1COCCN1C(=O)OC(C)(C)C)NCC(F)(F)CO. The van der Waals surface area contributed by atoms with Gasteiger partial charge in [-0.1, -0.05) is 0 Å². The summed E-state index contributed by atoms with van der Waals surface area (Å²) < 4.78 is 36.9. The van der Waals surface area contributed by atoms with E-state index >= 15 is 0 Å². The molecule has 0 bridgehead atoms. The van der Waals surface area contributed by atoms with Crippen LogP contribution in [0.25, 0.3) is 0 Å². The van der Waals surface area contributed by atoms with E-state index in [0.717, 1.165) is 0 Å². The predicted molar refractivity (Wildman–Crippen MR) is 81.7 cm³/mol. The number of aliphatic hydroxyl groups is 1. The van der Waals surface area contributed by atoms with Gasteiger partial charge in [-0.15, -0.1) is 0 Å². The zero-order valence-electron chi connectivity index (χ0n) is 14.3. The highest BCUT2D eigenvalue weighted by Crippen LogP contribution is 2.18. The third-order valence-corrected chi connectivity index (χ3v) is 3.42. The van der Waals surface area contributed by atoms with Crippen LogP contribution in [0.15, 0.2) is 0 Å². The summed E-state index contributed by atoms with van der Waals surface area (Å²) >= 11 is 0. The van der Waals surface area contributed by atoms with Gasteiger partial charge in [0.05, 0.1) is 25.8 Å². The summed E-state index contributed by atoms with van der Waals surface area (Å²) in [5, 5.41) is 11.3. The van der Waals surface area contributed by atoms with Crippen molar-refractivity contribution in [2.75, 3.05) is 32.9 Å². The van der Waals surface area contributed by atoms with Crippen molar-refractivity contribution in [3.05, 3.63) is 0 Å². The highest BCUT2D eigenvalue weighted by molar-refractivity contribution is 5.68. The number of hydrogen-bond acceptors (Lipinski definition) is 5. The Hall–Kier alpha value is -0.990. The summed E-state index contributed by atoms with van der Waals surface area (Å²) in [5.41, 5.74) is -0.590. The van der Waals surface area contributed by atoms with Gasteiger partial charge >= 0.3 is 6.09 Å². The number of aliphatic hydroxyl groups excluding tert-OH is 1. The quantitative estimate of drug-likeness (QED) is 0.770. The summed E-state index contributed by atoms with van der Waals surface area (Å²) in [6.45, 7) is 6.54. The van der Waals surface area contributed by atoms with E-state index in [0.29, 0.717) is 26.2 Å². The molecule has 23 heavy (non-hydrogen) atoms. The number of hydrogen-bond donors (Lipinski definition) is 2. The van der Waals surface area contributed by atoms with Crippen molar-refractivity contribution in [1.82, 2.24) is 10.2 Å². The van der Waals surface area contributed by atoms with Gasteiger partial charge in [-0.05, 0) is 34.1 Å². The maximum atomic E-state index is 13.1. The first-order valence-electron chi connectivity index (χ1n) is 7.83. The molecular formula is C15H28F2N2O4. The molecule has 0 aromatic carbocycles. The van der Waals surface area contributed by atoms with Crippen LogP contribution in [0.4, 0.5) is 13.6 Å². The Morgan fingerprint density at radius 2 is 2.13 bits per heavy atom. The lowest BCUT2D eigenvalue weighted by Gasteiger charge is -2.37. The lowest BCUT2D eigenvalue weighted by Crippen LogP contribution is -2.52. The highest BCUT2D eigenvalue weighted by Gasteiger charge is 2.33. The first-order chi connectivity index (χ1) is 10.5. The summed E-state index contributed by atoms with van der Waals surface area (Å²) in [6, 6.07) is -0.493. The molecule has 2 unspecified atom stereocenters. The Kier molecular flexibility index (Phi) is 7.16. The Bertz CT molecular complexity index is 388. The van der Waals surface area contributed by atoms with E-state index in [2.05, 4.69) is 5.32 Å². The van der Waals surface area contributed by atoms with E-state index in [1.54, 1.807) is 32.6 Å². The molecule has 0 spiro atoms. The van der Waals surface area contributed by atoms with Gasteiger partial charge in [0.2, 0.25) is 0 Å². The molecule has 1 heterocycles. The molecule has 6 nitrogen and oxygen atoms in total. The number of rotatable bonds is 6. The second kappa shape index (κ2) is 8.21. The van der Waals surface area contributed by atoms with Crippen LogP contribution < -0.4 is 5.32 Å². The van der Waals surface area contributed by atoms with Gasteiger partial charge < -0.3 is 24.8 Å². The van der Waals surface area contributed by atoms with Crippen LogP contribution in [-0.4, -0.2) is 72.6 Å². The third-order valence-electron chi connectivity index (χ3n) is 3.42. The van der Waals surface area contributed by atoms with E-state index in [1.165, 1.54) is 0 Å². The van der Waals surface area contributed by atoms with Gasteiger partial charge in [0.25, 0.3) is 5.92 Å². The average molecular weight is 338 g/mol. The van der Waals surface area contributed by atoms with Crippen molar-refractivity contribution < 1.29 is 28.2 Å².